The van der Waals surface area contributed by atoms with Crippen LogP contribution in [0.4, 0.5) is 0 Å². The van der Waals surface area contributed by atoms with Crippen LogP contribution < -0.4 is 0 Å². The number of thioether (sulfide) groups is 1. The maximum atomic E-state index is 15.7. The molecule has 12 atom stereocenters. The van der Waals surface area contributed by atoms with Crippen LogP contribution in [0.15, 0.2) is 64.2 Å². The predicted molar refractivity (Wildman–Crippen MR) is 256 cm³/mol. The van der Waals surface area contributed by atoms with Crippen LogP contribution in [-0.2, 0) is 39.8 Å². The number of rotatable bonds is 11. The van der Waals surface area contributed by atoms with Crippen molar-refractivity contribution in [2.45, 2.75) is 119 Å². The van der Waals surface area contributed by atoms with Gasteiger partial charge in [0.1, 0.15) is 0 Å². The maximum absolute atomic E-state index is 15.7. The molecule has 5 fully saturated rings. The zero-order valence-electron chi connectivity index (χ0n) is 40.7. The number of carbonyl (C=O) groups is 3. The summed E-state index contributed by atoms with van der Waals surface area (Å²) in [5.41, 5.74) is 0.230. The zero-order chi connectivity index (χ0) is 47.3. The molecule has 3 aliphatic carbocycles. The Morgan fingerprint density at radius 3 is 2.42 bits per heavy atom. The molecule has 2 bridgehead atoms. The van der Waals surface area contributed by atoms with Crippen LogP contribution in [0.25, 0.3) is 5.57 Å². The molecule has 14 heteroatoms. The van der Waals surface area contributed by atoms with Gasteiger partial charge in [0.15, 0.2) is 6.10 Å². The van der Waals surface area contributed by atoms with Crippen molar-refractivity contribution in [3.63, 3.8) is 0 Å². The number of nitrogens with zero attached hydrogens (tertiary/aromatic N) is 4. The summed E-state index contributed by atoms with van der Waals surface area (Å²) in [7, 11) is 6.40. The van der Waals surface area contributed by atoms with E-state index in [1.54, 1.807) is 7.11 Å². The van der Waals surface area contributed by atoms with Gasteiger partial charge in [0.25, 0.3) is 0 Å². The first-order chi connectivity index (χ1) is 32.2. The lowest BCUT2D eigenvalue weighted by Gasteiger charge is -2.63. The summed E-state index contributed by atoms with van der Waals surface area (Å²) in [6, 6.07) is 5.72. The van der Waals surface area contributed by atoms with Gasteiger partial charge < -0.3 is 39.0 Å². The van der Waals surface area contributed by atoms with Gasteiger partial charge in [0.2, 0.25) is 5.60 Å². The van der Waals surface area contributed by atoms with E-state index in [4.69, 9.17) is 18.9 Å². The molecular formula is C53H72N4O9S. The molecule has 0 amide bonds. The van der Waals surface area contributed by atoms with Crippen molar-refractivity contribution >= 4 is 35.2 Å². The second-order valence-electron chi connectivity index (χ2n) is 21.4. The predicted octanol–water partition coefficient (Wildman–Crippen LogP) is 5.25. The third kappa shape index (κ3) is 6.94. The molecule has 0 aromatic heterocycles. The average Bonchev–Trinajstić information content (AvgIpc) is 4.13. The number of aliphatic hydroxyl groups is 2. The highest BCUT2D eigenvalue weighted by atomic mass is 32.2. The molecule has 4 saturated heterocycles. The van der Waals surface area contributed by atoms with Crippen LogP contribution in [0.5, 0.6) is 0 Å². The SMILES string of the molecule is CC[C@]1(O)C[C@H]2CN(CCC3=C(Cc4ccc(SCCN5CCCC5)cc43)[C@@](C(=O)OC)(C3C=C4C(=CC3OC)N(C)[C@H]3[C@@](O)(C(=O)OC)[C@H](OC(C)=O)[C@]5(CC)C=CCN6CC[C@]43[C@@H]65)C2)C1. The number of piperidine rings is 1. The Hall–Kier alpha value is -3.50. The van der Waals surface area contributed by atoms with E-state index in [-0.39, 0.29) is 17.9 Å². The maximum Gasteiger partial charge on any atom is 0.344 e. The first-order valence-corrected chi connectivity index (χ1v) is 26.0. The van der Waals surface area contributed by atoms with E-state index in [0.29, 0.717) is 58.2 Å². The van der Waals surface area contributed by atoms with Gasteiger partial charge in [0, 0.05) is 92.9 Å². The minimum Gasteiger partial charge on any atom is -0.468 e. The molecule has 6 heterocycles. The van der Waals surface area contributed by atoms with Crippen molar-refractivity contribution in [3.8, 4) is 0 Å². The van der Waals surface area contributed by atoms with E-state index in [2.05, 4.69) is 64.1 Å². The summed E-state index contributed by atoms with van der Waals surface area (Å²) >= 11 is 1.90. The number of ether oxygens (including phenoxy) is 4. The first kappa shape index (κ1) is 47.2. The molecule has 67 heavy (non-hydrogen) atoms. The lowest BCUT2D eigenvalue weighted by atomic mass is 9.47. The van der Waals surface area contributed by atoms with Gasteiger partial charge in [-0.3, -0.25) is 19.4 Å². The fourth-order valence-corrected chi connectivity index (χ4v) is 16.7. The van der Waals surface area contributed by atoms with E-state index in [1.807, 2.05) is 30.6 Å². The van der Waals surface area contributed by atoms with Gasteiger partial charge in [-0.1, -0.05) is 38.1 Å². The molecular weight excluding hydrogens is 869 g/mol. The molecule has 6 aliphatic heterocycles. The number of allylic oxidation sites excluding steroid dienone is 1. The number of hydrogen-bond donors (Lipinski definition) is 2. The molecule has 1 aromatic rings. The Morgan fingerprint density at radius 2 is 1.72 bits per heavy atom. The van der Waals surface area contributed by atoms with Crippen molar-refractivity contribution in [1.29, 1.82) is 0 Å². The molecule has 0 radical (unpaired) electrons. The third-order valence-corrected chi connectivity index (χ3v) is 19.3. The Kier molecular flexibility index (Phi) is 12.3. The van der Waals surface area contributed by atoms with E-state index in [9.17, 15) is 19.8 Å². The van der Waals surface area contributed by atoms with Gasteiger partial charge in [-0.05, 0) is 129 Å². The number of carbonyl (C=O) groups excluding carboxylic acids is 3. The van der Waals surface area contributed by atoms with Crippen LogP contribution in [0.3, 0.4) is 0 Å². The Morgan fingerprint density at radius 1 is 0.940 bits per heavy atom. The van der Waals surface area contributed by atoms with E-state index in [1.165, 1.54) is 68.7 Å². The van der Waals surface area contributed by atoms with Gasteiger partial charge in [-0.25, -0.2) is 4.79 Å². The Bertz CT molecular complexity index is 2310. The summed E-state index contributed by atoms with van der Waals surface area (Å²) in [6.07, 6.45) is 13.3. The normalized spacial score (nSPS) is 39.8. The number of hydrogen-bond acceptors (Lipinski definition) is 14. The fraction of sp³-hybridized carbons (Fsp3) is 0.679. The van der Waals surface area contributed by atoms with Crippen molar-refractivity contribution in [3.05, 3.63) is 70.5 Å². The van der Waals surface area contributed by atoms with E-state index < -0.39 is 63.6 Å². The van der Waals surface area contributed by atoms with E-state index in [0.717, 1.165) is 48.7 Å². The number of fused-ring (bicyclic) bond motifs is 5. The van der Waals surface area contributed by atoms with Crippen LogP contribution in [0, 0.1) is 28.1 Å². The topological polar surface area (TPSA) is 142 Å². The second-order valence-corrected chi connectivity index (χ2v) is 22.6. The monoisotopic (exact) mass is 941 g/mol. The summed E-state index contributed by atoms with van der Waals surface area (Å²) < 4.78 is 24.5. The van der Waals surface area contributed by atoms with Gasteiger partial charge in [-0.2, -0.15) is 0 Å². The fourth-order valence-electron chi connectivity index (χ4n) is 15.7. The molecule has 9 aliphatic rings. The zero-order valence-corrected chi connectivity index (χ0v) is 41.5. The highest BCUT2D eigenvalue weighted by molar-refractivity contribution is 7.99. The number of benzene rings is 1. The molecule has 10 rings (SSSR count). The summed E-state index contributed by atoms with van der Waals surface area (Å²) in [6.45, 7) is 12.3. The van der Waals surface area contributed by atoms with Crippen LogP contribution >= 0.6 is 11.8 Å². The van der Waals surface area contributed by atoms with Crippen LogP contribution in [0.1, 0.15) is 83.3 Å². The second kappa shape index (κ2) is 17.4. The first-order valence-electron chi connectivity index (χ1n) is 25.0. The molecule has 3 unspecified atom stereocenters. The number of methoxy groups -OCH3 is 3. The molecule has 2 N–H and O–H groups in total. The quantitative estimate of drug-likeness (QED) is 0.129. The molecule has 13 nitrogen and oxygen atoms in total. The van der Waals surface area contributed by atoms with E-state index >= 15 is 4.79 Å². The number of likely N-dealkylation sites (N-methyl/N-ethyl adjacent to an activating group) is 1. The van der Waals surface area contributed by atoms with Gasteiger partial charge in [0.05, 0.1) is 37.4 Å². The largest absolute Gasteiger partial charge is 0.468 e. The summed E-state index contributed by atoms with van der Waals surface area (Å²) in [4.78, 5) is 54.1. The summed E-state index contributed by atoms with van der Waals surface area (Å²) in [5, 5.41) is 25.7. The van der Waals surface area contributed by atoms with Crippen LogP contribution in [-0.4, -0.2) is 170 Å². The minimum absolute atomic E-state index is 0.0368. The van der Waals surface area contributed by atoms with Crippen molar-refractivity contribution in [2.75, 3.05) is 86.5 Å². The van der Waals surface area contributed by atoms with Crippen molar-refractivity contribution < 1.29 is 43.5 Å². The number of likely N-dealkylation sites (tertiary alicyclic amines) is 2. The molecule has 364 valence electrons. The Labute approximate surface area is 400 Å². The number of esters is 3. The third-order valence-electron chi connectivity index (χ3n) is 18.3. The standard InChI is InChI=1S/C53H72N4O9S/c1-8-49(61)29-34-30-52(47(59)64-6,39-25-35-13-14-36(67-24-23-55-18-10-11-19-55)26-38(35)37(39)15-21-56(31-34)32-49)41-27-40-42(28-43(41)63-5)54(4)45-51(40)17-22-57-20-12-16-50(9-2,44(51)57)46(66-33(3)58)53(45,62)48(60)65-7/h12-14,16,26-28,34,41,43-46,61-62H,8-11,15,17-25,29-32H2,1-7H3/t34-,41?,43?,44+,45-,46-,49+,50-,51-,52-,53+/m1/s1. The van der Waals surface area contributed by atoms with Crippen molar-refractivity contribution in [2.24, 2.45) is 28.1 Å². The highest BCUT2D eigenvalue weighted by Gasteiger charge is 2.81. The highest BCUT2D eigenvalue weighted by Crippen LogP contribution is 2.71. The lowest BCUT2D eigenvalue weighted by Crippen LogP contribution is -2.79. The van der Waals surface area contributed by atoms with Gasteiger partial charge >= 0.3 is 17.9 Å². The molecule has 1 saturated carbocycles. The molecule has 1 aromatic carbocycles. The molecule has 1 spiro atoms. The lowest BCUT2D eigenvalue weighted by molar-refractivity contribution is -0.243. The average molecular weight is 941 g/mol. The smallest absolute Gasteiger partial charge is 0.344 e. The van der Waals surface area contributed by atoms with Crippen LogP contribution in [0.2, 0.25) is 0 Å². The van der Waals surface area contributed by atoms with Gasteiger partial charge in [-0.15, -0.1) is 11.8 Å². The summed E-state index contributed by atoms with van der Waals surface area (Å²) in [5.74, 6) is -1.33. The van der Waals surface area contributed by atoms with Crippen molar-refractivity contribution in [1.82, 2.24) is 19.6 Å². The minimum atomic E-state index is -2.28. The Balaban J connectivity index is 1.18.